The first kappa shape index (κ1) is 25.0. The lowest BCUT2D eigenvalue weighted by atomic mass is 9.81. The normalized spacial score (nSPS) is 22.5. The number of hydrogen-bond donors (Lipinski definition) is 3. The van der Waals surface area contributed by atoms with E-state index in [-0.39, 0.29) is 31.5 Å². The highest BCUT2D eigenvalue weighted by molar-refractivity contribution is 6.30. The van der Waals surface area contributed by atoms with E-state index in [1.807, 2.05) is 32.0 Å². The summed E-state index contributed by atoms with van der Waals surface area (Å²) < 4.78 is 12.3. The summed E-state index contributed by atoms with van der Waals surface area (Å²) in [5.41, 5.74) is 1.69. The van der Waals surface area contributed by atoms with Crippen LogP contribution in [0.4, 0.5) is 0 Å². The van der Waals surface area contributed by atoms with Gasteiger partial charge in [0, 0.05) is 35.4 Å². The lowest BCUT2D eigenvalue weighted by molar-refractivity contribution is -0.136. The Balaban J connectivity index is 2.00. The largest absolute Gasteiger partial charge is 0.493 e. The van der Waals surface area contributed by atoms with E-state index >= 15 is 0 Å². The Hall–Kier alpha value is -2.61. The molecule has 2 aromatic carbocycles. The summed E-state index contributed by atoms with van der Waals surface area (Å²) in [5.74, 6) is -0.535. The Bertz CT molecular complexity index is 979. The fourth-order valence-corrected chi connectivity index (χ4v) is 4.40. The molecule has 33 heavy (non-hydrogen) atoms. The highest BCUT2D eigenvalue weighted by atomic mass is 35.5. The average Bonchev–Trinajstić information content (AvgIpc) is 2.74. The van der Waals surface area contributed by atoms with Crippen molar-refractivity contribution in [2.75, 3.05) is 13.2 Å². The zero-order valence-corrected chi connectivity index (χ0v) is 19.6. The molecule has 0 spiro atoms. The summed E-state index contributed by atoms with van der Waals surface area (Å²) in [6, 6.07) is 12.7. The van der Waals surface area contributed by atoms with E-state index in [0.717, 1.165) is 11.1 Å². The molecule has 3 rings (SSSR count). The fourth-order valence-electron chi connectivity index (χ4n) is 4.28. The van der Waals surface area contributed by atoms with Gasteiger partial charge in [-0.1, -0.05) is 29.8 Å². The van der Waals surface area contributed by atoms with Crippen LogP contribution in [0.25, 0.3) is 0 Å². The Labute approximate surface area is 198 Å². The molecule has 3 N–H and O–H groups in total. The molecule has 8 heteroatoms. The zero-order chi connectivity index (χ0) is 24.0. The van der Waals surface area contributed by atoms with Gasteiger partial charge in [0.05, 0.1) is 31.8 Å². The molecule has 1 amide bonds. The van der Waals surface area contributed by atoms with Crippen LogP contribution in [0.5, 0.6) is 5.75 Å². The minimum absolute atomic E-state index is 0.0189. The van der Waals surface area contributed by atoms with Crippen LogP contribution in [0.3, 0.4) is 0 Å². The van der Waals surface area contributed by atoms with Crippen LogP contribution in [0, 0.1) is 0 Å². The third kappa shape index (κ3) is 6.69. The summed E-state index contributed by atoms with van der Waals surface area (Å²) in [6.07, 6.45) is 0.112. The summed E-state index contributed by atoms with van der Waals surface area (Å²) in [4.78, 5) is 23.6. The molecule has 178 valence electrons. The second-order valence-corrected chi connectivity index (χ2v) is 8.97. The summed E-state index contributed by atoms with van der Waals surface area (Å²) in [6.45, 7) is 4.06. The minimum Gasteiger partial charge on any atom is -0.493 e. The smallest absolute Gasteiger partial charge is 0.307 e. The number of amides is 1. The number of carboxylic acids is 1. The van der Waals surface area contributed by atoms with Crippen molar-refractivity contribution in [2.45, 2.75) is 57.3 Å². The molecule has 1 aliphatic heterocycles. The molecule has 1 fully saturated rings. The third-order valence-electron chi connectivity index (χ3n) is 5.70. The molecule has 0 aromatic heterocycles. The van der Waals surface area contributed by atoms with E-state index in [1.165, 1.54) is 0 Å². The Morgan fingerprint density at radius 1 is 1.18 bits per heavy atom. The number of ether oxygens (including phenoxy) is 2. The van der Waals surface area contributed by atoms with Crippen molar-refractivity contribution < 1.29 is 29.3 Å². The first-order valence-corrected chi connectivity index (χ1v) is 11.4. The number of aliphatic hydroxyl groups excluding tert-OH is 1. The Kier molecular flexibility index (Phi) is 8.35. The zero-order valence-electron chi connectivity index (χ0n) is 18.8. The molecule has 0 unspecified atom stereocenters. The van der Waals surface area contributed by atoms with E-state index in [0.29, 0.717) is 35.8 Å². The number of nitrogens with one attached hydrogen (secondary N) is 1. The molecule has 0 radical (unpaired) electrons. The van der Waals surface area contributed by atoms with Gasteiger partial charge < -0.3 is 25.0 Å². The van der Waals surface area contributed by atoms with Crippen molar-refractivity contribution >= 4 is 23.5 Å². The van der Waals surface area contributed by atoms with Gasteiger partial charge in [0.15, 0.2) is 0 Å². The summed E-state index contributed by atoms with van der Waals surface area (Å²) in [5, 5.41) is 22.1. The van der Waals surface area contributed by atoms with Gasteiger partial charge in [-0.05, 0) is 49.2 Å². The van der Waals surface area contributed by atoms with Gasteiger partial charge >= 0.3 is 5.97 Å². The lowest BCUT2D eigenvalue weighted by Gasteiger charge is -2.43. The number of carbonyl (C=O) groups excluding carboxylic acids is 1. The van der Waals surface area contributed by atoms with Crippen LogP contribution in [-0.2, 0) is 20.7 Å². The SMILES string of the molecule is CCOc1ccc(CC(=O)O)cc1[C@H]1C[C@@](C)(NC(=O)CCO)C[C@@H](c2ccc(Cl)cc2)O1. The average molecular weight is 476 g/mol. The van der Waals surface area contributed by atoms with Crippen molar-refractivity contribution in [3.8, 4) is 5.75 Å². The number of halogens is 1. The quantitative estimate of drug-likeness (QED) is 0.501. The molecular formula is C25H30ClNO6. The number of aliphatic carboxylic acids is 1. The van der Waals surface area contributed by atoms with E-state index in [1.54, 1.807) is 24.3 Å². The molecule has 3 atom stereocenters. The number of carbonyl (C=O) groups is 2. The van der Waals surface area contributed by atoms with Crippen LogP contribution >= 0.6 is 11.6 Å². The van der Waals surface area contributed by atoms with Crippen molar-refractivity contribution in [3.05, 3.63) is 64.2 Å². The van der Waals surface area contributed by atoms with Crippen LogP contribution in [0.15, 0.2) is 42.5 Å². The Morgan fingerprint density at radius 2 is 1.88 bits per heavy atom. The molecule has 1 saturated heterocycles. The van der Waals surface area contributed by atoms with E-state index < -0.39 is 17.6 Å². The van der Waals surface area contributed by atoms with Gasteiger partial charge in [-0.25, -0.2) is 0 Å². The van der Waals surface area contributed by atoms with Gasteiger partial charge in [0.1, 0.15) is 5.75 Å². The van der Waals surface area contributed by atoms with Crippen molar-refractivity contribution in [3.63, 3.8) is 0 Å². The van der Waals surface area contributed by atoms with Gasteiger partial charge in [0.2, 0.25) is 5.91 Å². The highest BCUT2D eigenvalue weighted by Gasteiger charge is 2.41. The number of aliphatic hydroxyl groups is 1. The van der Waals surface area contributed by atoms with Gasteiger partial charge in [-0.15, -0.1) is 0 Å². The predicted octanol–water partition coefficient (Wildman–Crippen LogP) is 4.22. The monoisotopic (exact) mass is 475 g/mol. The molecule has 2 aromatic rings. The third-order valence-corrected chi connectivity index (χ3v) is 5.95. The molecule has 0 aliphatic carbocycles. The van der Waals surface area contributed by atoms with Gasteiger partial charge in [0.25, 0.3) is 0 Å². The molecule has 0 saturated carbocycles. The standard InChI is InChI=1S/C25H30ClNO6/c1-3-32-20-9-4-16(13-24(30)31)12-19(20)22-15-25(2,27-23(29)10-11-28)14-21(33-22)17-5-7-18(26)8-6-17/h4-9,12,21-22,28H,3,10-11,13-15H2,1-2H3,(H,27,29)(H,30,31)/t21-,22+,25-/m0/s1. The van der Waals surface area contributed by atoms with Crippen molar-refractivity contribution in [1.29, 1.82) is 0 Å². The van der Waals surface area contributed by atoms with Crippen molar-refractivity contribution in [1.82, 2.24) is 5.32 Å². The van der Waals surface area contributed by atoms with E-state index in [9.17, 15) is 19.8 Å². The fraction of sp³-hybridized carbons (Fsp3) is 0.440. The molecule has 1 heterocycles. The Morgan fingerprint density at radius 3 is 2.52 bits per heavy atom. The van der Waals surface area contributed by atoms with Crippen molar-refractivity contribution in [2.24, 2.45) is 0 Å². The maximum Gasteiger partial charge on any atom is 0.307 e. The topological polar surface area (TPSA) is 105 Å². The first-order chi connectivity index (χ1) is 15.7. The molecular weight excluding hydrogens is 446 g/mol. The number of hydrogen-bond acceptors (Lipinski definition) is 5. The van der Waals surface area contributed by atoms with Crippen LogP contribution < -0.4 is 10.1 Å². The van der Waals surface area contributed by atoms with E-state index in [2.05, 4.69) is 5.32 Å². The second-order valence-electron chi connectivity index (χ2n) is 8.53. The molecule has 1 aliphatic rings. The number of benzene rings is 2. The lowest BCUT2D eigenvalue weighted by Crippen LogP contribution is -2.51. The van der Waals surface area contributed by atoms with E-state index in [4.69, 9.17) is 21.1 Å². The summed E-state index contributed by atoms with van der Waals surface area (Å²) >= 11 is 6.06. The van der Waals surface area contributed by atoms with Crippen LogP contribution in [0.2, 0.25) is 5.02 Å². The second kappa shape index (κ2) is 11.0. The number of rotatable bonds is 9. The molecule has 7 nitrogen and oxygen atoms in total. The van der Waals surface area contributed by atoms with Crippen LogP contribution in [0.1, 0.15) is 62.0 Å². The minimum atomic E-state index is -0.921. The predicted molar refractivity (Wildman–Crippen MR) is 124 cm³/mol. The summed E-state index contributed by atoms with van der Waals surface area (Å²) in [7, 11) is 0. The first-order valence-electron chi connectivity index (χ1n) is 11.0. The van der Waals surface area contributed by atoms with Crippen LogP contribution in [-0.4, -0.2) is 40.8 Å². The maximum absolute atomic E-state index is 12.4. The number of carboxylic acid groups (broad SMARTS) is 1. The van der Waals surface area contributed by atoms with Gasteiger partial charge in [-0.3, -0.25) is 9.59 Å². The molecule has 0 bridgehead atoms. The van der Waals surface area contributed by atoms with Gasteiger partial charge in [-0.2, -0.15) is 0 Å². The highest BCUT2D eigenvalue weighted by Crippen LogP contribution is 2.46. The maximum atomic E-state index is 12.4.